The van der Waals surface area contributed by atoms with Crippen molar-refractivity contribution in [3.05, 3.63) is 0 Å². The summed E-state index contributed by atoms with van der Waals surface area (Å²) in [5.74, 6) is -0.220. The molecule has 0 aromatic carbocycles. The number of piperazine rings is 1. The number of nitrogens with one attached hydrogen (secondary N) is 1. The Hall–Kier alpha value is -0.940. The van der Waals surface area contributed by atoms with E-state index in [1.165, 1.54) is 4.90 Å². The van der Waals surface area contributed by atoms with Gasteiger partial charge in [0, 0.05) is 6.54 Å². The van der Waals surface area contributed by atoms with Gasteiger partial charge < -0.3 is 4.90 Å². The molecule has 0 aliphatic carbocycles. The zero-order valence-electron chi connectivity index (χ0n) is 9.62. The highest BCUT2D eigenvalue weighted by molar-refractivity contribution is 6.00. The third-order valence-corrected chi connectivity index (χ3v) is 2.48. The second kappa shape index (κ2) is 5.23. The first kappa shape index (κ1) is 12.1. The maximum Gasteiger partial charge on any atom is 0.246 e. The van der Waals surface area contributed by atoms with E-state index in [2.05, 4.69) is 5.32 Å². The van der Waals surface area contributed by atoms with Crippen LogP contribution in [-0.2, 0) is 9.59 Å². The van der Waals surface area contributed by atoms with Crippen molar-refractivity contribution in [1.82, 2.24) is 15.1 Å². The monoisotopic (exact) mass is 213 g/mol. The van der Waals surface area contributed by atoms with Gasteiger partial charge in [0.05, 0.1) is 12.6 Å². The minimum absolute atomic E-state index is 0.106. The average Bonchev–Trinajstić information content (AvgIpc) is 2.17. The van der Waals surface area contributed by atoms with E-state index in [0.717, 1.165) is 13.0 Å². The van der Waals surface area contributed by atoms with E-state index in [0.29, 0.717) is 6.54 Å². The number of carbonyl (C=O) groups excluding carboxylic acids is 2. The van der Waals surface area contributed by atoms with Gasteiger partial charge in [-0.15, -0.1) is 0 Å². The van der Waals surface area contributed by atoms with Crippen molar-refractivity contribution in [1.29, 1.82) is 0 Å². The van der Waals surface area contributed by atoms with Crippen LogP contribution >= 0.6 is 0 Å². The van der Waals surface area contributed by atoms with Crippen LogP contribution in [0.2, 0.25) is 0 Å². The molecule has 1 fully saturated rings. The van der Waals surface area contributed by atoms with Crippen molar-refractivity contribution in [2.45, 2.75) is 19.4 Å². The van der Waals surface area contributed by atoms with Gasteiger partial charge in [-0.1, -0.05) is 0 Å². The highest BCUT2D eigenvalue weighted by atomic mass is 16.2. The molecule has 1 aliphatic heterocycles. The summed E-state index contributed by atoms with van der Waals surface area (Å²) >= 11 is 0. The van der Waals surface area contributed by atoms with E-state index < -0.39 is 0 Å². The second-order valence-corrected chi connectivity index (χ2v) is 4.14. The van der Waals surface area contributed by atoms with Gasteiger partial charge in [0.2, 0.25) is 11.8 Å². The molecule has 2 amide bonds. The molecule has 1 rings (SSSR count). The molecule has 0 saturated carbocycles. The molecule has 0 aromatic heterocycles. The van der Waals surface area contributed by atoms with Crippen LogP contribution < -0.4 is 5.32 Å². The third kappa shape index (κ3) is 3.28. The van der Waals surface area contributed by atoms with Gasteiger partial charge in [-0.2, -0.15) is 0 Å². The quantitative estimate of drug-likeness (QED) is 0.627. The summed E-state index contributed by atoms with van der Waals surface area (Å²) in [7, 11) is 3.95. The summed E-state index contributed by atoms with van der Waals surface area (Å²) in [4.78, 5) is 26.5. The van der Waals surface area contributed by atoms with Crippen LogP contribution in [0.5, 0.6) is 0 Å². The molecule has 0 bridgehead atoms. The summed E-state index contributed by atoms with van der Waals surface area (Å²) in [6.07, 6.45) is 0.831. The molecule has 0 spiro atoms. The number of rotatable bonds is 4. The lowest BCUT2D eigenvalue weighted by atomic mass is 10.2. The van der Waals surface area contributed by atoms with E-state index in [1.54, 1.807) is 6.92 Å². The molecule has 0 aromatic rings. The lowest BCUT2D eigenvalue weighted by molar-refractivity contribution is -0.148. The maximum atomic E-state index is 11.6. The zero-order valence-corrected chi connectivity index (χ0v) is 9.62. The van der Waals surface area contributed by atoms with Crippen molar-refractivity contribution in [2.75, 3.05) is 33.7 Å². The van der Waals surface area contributed by atoms with Gasteiger partial charge in [0.15, 0.2) is 0 Å². The zero-order chi connectivity index (χ0) is 11.4. The van der Waals surface area contributed by atoms with Crippen molar-refractivity contribution in [3.63, 3.8) is 0 Å². The van der Waals surface area contributed by atoms with Crippen molar-refractivity contribution >= 4 is 11.8 Å². The summed E-state index contributed by atoms with van der Waals surface area (Å²) in [6.45, 7) is 3.48. The number of imide groups is 1. The number of nitrogens with zero attached hydrogens (tertiary/aromatic N) is 2. The predicted octanol–water partition coefficient (Wildman–Crippen LogP) is -0.715. The molecule has 1 atom stereocenters. The largest absolute Gasteiger partial charge is 0.309 e. The molecule has 1 heterocycles. The van der Waals surface area contributed by atoms with Gasteiger partial charge in [0.1, 0.15) is 0 Å². The Morgan fingerprint density at radius 2 is 2.13 bits per heavy atom. The molecule has 86 valence electrons. The number of carbonyl (C=O) groups is 2. The van der Waals surface area contributed by atoms with Crippen LogP contribution in [0.25, 0.3) is 0 Å². The van der Waals surface area contributed by atoms with E-state index >= 15 is 0 Å². The van der Waals surface area contributed by atoms with Crippen LogP contribution in [0, 0.1) is 0 Å². The minimum Gasteiger partial charge on any atom is -0.309 e. The fourth-order valence-corrected chi connectivity index (χ4v) is 1.56. The molecular formula is C10H19N3O2. The summed E-state index contributed by atoms with van der Waals surface area (Å²) in [5.41, 5.74) is 0. The summed E-state index contributed by atoms with van der Waals surface area (Å²) in [5, 5.41) is 2.86. The molecule has 15 heavy (non-hydrogen) atoms. The normalized spacial score (nSPS) is 22.7. The van der Waals surface area contributed by atoms with Crippen molar-refractivity contribution in [3.8, 4) is 0 Å². The highest BCUT2D eigenvalue weighted by Crippen LogP contribution is 2.03. The van der Waals surface area contributed by atoms with Crippen LogP contribution in [0.15, 0.2) is 0 Å². The van der Waals surface area contributed by atoms with E-state index in [1.807, 2.05) is 19.0 Å². The fourth-order valence-electron chi connectivity index (χ4n) is 1.56. The summed E-state index contributed by atoms with van der Waals surface area (Å²) < 4.78 is 0. The highest BCUT2D eigenvalue weighted by Gasteiger charge is 2.30. The number of amides is 2. The van der Waals surface area contributed by atoms with E-state index in [-0.39, 0.29) is 24.4 Å². The molecular weight excluding hydrogens is 194 g/mol. The Labute approximate surface area is 90.4 Å². The van der Waals surface area contributed by atoms with E-state index in [9.17, 15) is 9.59 Å². The predicted molar refractivity (Wildman–Crippen MR) is 57.4 cm³/mol. The first-order valence-corrected chi connectivity index (χ1v) is 5.24. The lowest BCUT2D eigenvalue weighted by Crippen LogP contribution is -2.57. The lowest BCUT2D eigenvalue weighted by Gasteiger charge is -2.29. The first-order chi connectivity index (χ1) is 7.02. The standard InChI is InChI=1S/C10H19N3O2/c1-8-10(15)13(9(14)7-11-8)6-4-5-12(2)3/h8,11H,4-7H2,1-3H3. The fraction of sp³-hybridized carbons (Fsp3) is 0.800. The molecule has 5 nitrogen and oxygen atoms in total. The van der Waals surface area contributed by atoms with Gasteiger partial charge in [-0.3, -0.25) is 19.8 Å². The van der Waals surface area contributed by atoms with Crippen molar-refractivity contribution < 1.29 is 9.59 Å². The van der Waals surface area contributed by atoms with E-state index in [4.69, 9.17) is 0 Å². The van der Waals surface area contributed by atoms with Gasteiger partial charge in [0.25, 0.3) is 0 Å². The molecule has 1 aliphatic rings. The number of hydrogen-bond donors (Lipinski definition) is 1. The molecule has 5 heteroatoms. The Bertz CT molecular complexity index is 253. The Balaban J connectivity index is 2.43. The van der Waals surface area contributed by atoms with Crippen LogP contribution in [-0.4, -0.2) is 61.4 Å². The first-order valence-electron chi connectivity index (χ1n) is 5.24. The second-order valence-electron chi connectivity index (χ2n) is 4.14. The van der Waals surface area contributed by atoms with Crippen LogP contribution in [0.1, 0.15) is 13.3 Å². The minimum atomic E-state index is -0.234. The Morgan fingerprint density at radius 3 is 2.73 bits per heavy atom. The maximum absolute atomic E-state index is 11.6. The molecule has 1 saturated heterocycles. The van der Waals surface area contributed by atoms with Crippen LogP contribution in [0.4, 0.5) is 0 Å². The Kier molecular flexibility index (Phi) is 4.23. The molecule has 1 unspecified atom stereocenters. The SMILES string of the molecule is CC1NCC(=O)N(CCCN(C)C)C1=O. The van der Waals surface area contributed by atoms with Gasteiger partial charge in [-0.05, 0) is 34.0 Å². The smallest absolute Gasteiger partial charge is 0.246 e. The third-order valence-electron chi connectivity index (χ3n) is 2.48. The summed E-state index contributed by atoms with van der Waals surface area (Å²) in [6, 6.07) is -0.234. The van der Waals surface area contributed by atoms with Crippen LogP contribution in [0.3, 0.4) is 0 Å². The number of hydrogen-bond acceptors (Lipinski definition) is 4. The van der Waals surface area contributed by atoms with Gasteiger partial charge >= 0.3 is 0 Å². The Morgan fingerprint density at radius 1 is 1.47 bits per heavy atom. The average molecular weight is 213 g/mol. The molecule has 1 N–H and O–H groups in total. The van der Waals surface area contributed by atoms with Gasteiger partial charge in [-0.25, -0.2) is 0 Å². The topological polar surface area (TPSA) is 52.7 Å². The molecule has 0 radical (unpaired) electrons. The van der Waals surface area contributed by atoms with Crippen molar-refractivity contribution in [2.24, 2.45) is 0 Å².